The number of aromatic nitrogens is 3. The molecule has 1 saturated heterocycles. The second kappa shape index (κ2) is 9.79. The van der Waals surface area contributed by atoms with Crippen molar-refractivity contribution in [1.29, 1.82) is 0 Å². The molecule has 174 valence electrons. The van der Waals surface area contributed by atoms with Gasteiger partial charge in [-0.25, -0.2) is 0 Å². The molecule has 0 bridgehead atoms. The van der Waals surface area contributed by atoms with E-state index < -0.39 is 0 Å². The number of hydrogen-bond donors (Lipinski definition) is 1. The number of ether oxygens (including phenoxy) is 3. The van der Waals surface area contributed by atoms with E-state index in [4.69, 9.17) is 19.2 Å². The molecule has 0 spiro atoms. The van der Waals surface area contributed by atoms with Crippen LogP contribution in [0.2, 0.25) is 0 Å². The quantitative estimate of drug-likeness (QED) is 0.605. The first-order chi connectivity index (χ1) is 16.2. The standard InChI is InChI=1S/C25H31N5O3/c1-17-3-4-19(15-26-17)28-18-5-7-20(8-6-18)33-25-22-13-21(31-2)16-27-23(22)14-24(29-25)30-9-11-32-12-10-30/h3-4,13-16,18,20,28H,5-12H2,1-2H3. The summed E-state index contributed by atoms with van der Waals surface area (Å²) in [7, 11) is 1.65. The number of rotatable bonds is 6. The molecule has 0 aromatic carbocycles. The van der Waals surface area contributed by atoms with E-state index in [1.54, 1.807) is 13.3 Å². The smallest absolute Gasteiger partial charge is 0.225 e. The fraction of sp³-hybridized carbons (Fsp3) is 0.480. The average Bonchev–Trinajstić information content (AvgIpc) is 2.87. The number of morpholine rings is 1. The van der Waals surface area contributed by atoms with Gasteiger partial charge in [-0.3, -0.25) is 9.97 Å². The zero-order valence-electron chi connectivity index (χ0n) is 19.3. The molecule has 2 fully saturated rings. The van der Waals surface area contributed by atoms with Gasteiger partial charge in [0.25, 0.3) is 0 Å². The molecule has 0 radical (unpaired) electrons. The van der Waals surface area contributed by atoms with Gasteiger partial charge in [0.2, 0.25) is 5.88 Å². The van der Waals surface area contributed by atoms with Gasteiger partial charge >= 0.3 is 0 Å². The third-order valence-electron chi connectivity index (χ3n) is 6.41. The molecule has 33 heavy (non-hydrogen) atoms. The minimum absolute atomic E-state index is 0.126. The lowest BCUT2D eigenvalue weighted by molar-refractivity contribution is 0.122. The fourth-order valence-corrected chi connectivity index (χ4v) is 4.49. The zero-order valence-corrected chi connectivity index (χ0v) is 19.3. The Morgan fingerprint density at radius 2 is 1.85 bits per heavy atom. The van der Waals surface area contributed by atoms with Crippen LogP contribution >= 0.6 is 0 Å². The highest BCUT2D eigenvalue weighted by Crippen LogP contribution is 2.33. The molecule has 2 aliphatic rings. The van der Waals surface area contributed by atoms with Crippen molar-refractivity contribution in [2.45, 2.75) is 44.8 Å². The average molecular weight is 450 g/mol. The lowest BCUT2D eigenvalue weighted by Gasteiger charge is -2.31. The summed E-state index contributed by atoms with van der Waals surface area (Å²) in [5.74, 6) is 2.23. The van der Waals surface area contributed by atoms with Crippen LogP contribution in [-0.4, -0.2) is 60.5 Å². The summed E-state index contributed by atoms with van der Waals surface area (Å²) in [5.41, 5.74) is 2.97. The van der Waals surface area contributed by atoms with Crippen molar-refractivity contribution in [2.24, 2.45) is 0 Å². The van der Waals surface area contributed by atoms with Crippen LogP contribution < -0.4 is 19.7 Å². The number of nitrogens with zero attached hydrogens (tertiary/aromatic N) is 4. The highest BCUT2D eigenvalue weighted by atomic mass is 16.5. The second-order valence-electron chi connectivity index (χ2n) is 8.75. The Morgan fingerprint density at radius 3 is 2.58 bits per heavy atom. The summed E-state index contributed by atoms with van der Waals surface area (Å²) >= 11 is 0. The van der Waals surface area contributed by atoms with Crippen LogP contribution in [0.1, 0.15) is 31.4 Å². The van der Waals surface area contributed by atoms with Gasteiger partial charge in [-0.15, -0.1) is 0 Å². The summed E-state index contributed by atoms with van der Waals surface area (Å²) < 4.78 is 17.4. The Labute approximate surface area is 194 Å². The summed E-state index contributed by atoms with van der Waals surface area (Å²) in [6.07, 6.45) is 7.81. The van der Waals surface area contributed by atoms with Gasteiger partial charge in [0, 0.05) is 30.9 Å². The van der Waals surface area contributed by atoms with Crippen LogP contribution in [0.25, 0.3) is 10.9 Å². The Hall–Kier alpha value is -3.13. The molecule has 5 rings (SSSR count). The van der Waals surface area contributed by atoms with Crippen LogP contribution in [0.15, 0.2) is 36.7 Å². The molecule has 0 unspecified atom stereocenters. The second-order valence-corrected chi connectivity index (χ2v) is 8.75. The van der Waals surface area contributed by atoms with E-state index in [1.807, 2.05) is 31.3 Å². The van der Waals surface area contributed by atoms with E-state index in [9.17, 15) is 0 Å². The molecule has 1 saturated carbocycles. The van der Waals surface area contributed by atoms with Crippen LogP contribution in [-0.2, 0) is 4.74 Å². The first-order valence-corrected chi connectivity index (χ1v) is 11.7. The Morgan fingerprint density at radius 1 is 1.03 bits per heavy atom. The Bertz CT molecular complexity index is 1080. The molecule has 4 heterocycles. The van der Waals surface area contributed by atoms with E-state index in [0.717, 1.165) is 66.9 Å². The summed E-state index contributed by atoms with van der Waals surface area (Å²) in [6, 6.07) is 8.56. The first kappa shape index (κ1) is 21.7. The number of aryl methyl sites for hydroxylation is 1. The topological polar surface area (TPSA) is 81.6 Å². The largest absolute Gasteiger partial charge is 0.495 e. The van der Waals surface area contributed by atoms with E-state index in [-0.39, 0.29) is 6.10 Å². The van der Waals surface area contributed by atoms with Crippen molar-refractivity contribution in [2.75, 3.05) is 43.6 Å². The van der Waals surface area contributed by atoms with Gasteiger partial charge in [0.1, 0.15) is 17.7 Å². The van der Waals surface area contributed by atoms with Crippen LogP contribution in [0.4, 0.5) is 11.5 Å². The van der Waals surface area contributed by atoms with Gasteiger partial charge in [0.05, 0.1) is 49.3 Å². The van der Waals surface area contributed by atoms with Gasteiger partial charge in [-0.2, -0.15) is 4.98 Å². The molecule has 1 aliphatic carbocycles. The number of nitrogens with one attached hydrogen (secondary N) is 1. The maximum Gasteiger partial charge on any atom is 0.225 e. The number of hydrogen-bond acceptors (Lipinski definition) is 8. The van der Waals surface area contributed by atoms with Gasteiger partial charge < -0.3 is 24.4 Å². The van der Waals surface area contributed by atoms with Crippen LogP contribution in [0, 0.1) is 6.92 Å². The number of fused-ring (bicyclic) bond motifs is 1. The molecule has 3 aromatic heterocycles. The number of methoxy groups -OCH3 is 1. The zero-order chi connectivity index (χ0) is 22.6. The van der Waals surface area contributed by atoms with Gasteiger partial charge in [0.15, 0.2) is 0 Å². The Balaban J connectivity index is 1.31. The van der Waals surface area contributed by atoms with Crippen molar-refractivity contribution in [3.63, 3.8) is 0 Å². The molecule has 0 atom stereocenters. The van der Waals surface area contributed by atoms with Crippen molar-refractivity contribution in [3.8, 4) is 11.6 Å². The molecular formula is C25H31N5O3. The van der Waals surface area contributed by atoms with Crippen LogP contribution in [0.5, 0.6) is 11.6 Å². The van der Waals surface area contributed by atoms with Gasteiger partial charge in [-0.05, 0) is 50.8 Å². The van der Waals surface area contributed by atoms with E-state index in [0.29, 0.717) is 30.9 Å². The van der Waals surface area contributed by atoms with Crippen molar-refractivity contribution in [3.05, 3.63) is 42.4 Å². The molecule has 8 heteroatoms. The molecule has 3 aromatic rings. The maximum atomic E-state index is 6.51. The molecule has 8 nitrogen and oxygen atoms in total. The summed E-state index contributed by atoms with van der Waals surface area (Å²) in [4.78, 5) is 16.1. The third-order valence-corrected chi connectivity index (χ3v) is 6.41. The van der Waals surface area contributed by atoms with Crippen molar-refractivity contribution in [1.82, 2.24) is 15.0 Å². The van der Waals surface area contributed by atoms with Crippen molar-refractivity contribution >= 4 is 22.4 Å². The molecule has 1 N–H and O–H groups in total. The monoisotopic (exact) mass is 449 g/mol. The minimum atomic E-state index is 0.126. The van der Waals surface area contributed by atoms with Crippen LogP contribution in [0.3, 0.4) is 0 Å². The minimum Gasteiger partial charge on any atom is -0.495 e. The molecule has 1 aliphatic heterocycles. The summed E-state index contributed by atoms with van der Waals surface area (Å²) in [6.45, 7) is 5.06. The van der Waals surface area contributed by atoms with E-state index >= 15 is 0 Å². The lowest BCUT2D eigenvalue weighted by Crippen LogP contribution is -2.37. The predicted octanol–water partition coefficient (Wildman–Crippen LogP) is 3.98. The van der Waals surface area contributed by atoms with Crippen molar-refractivity contribution < 1.29 is 14.2 Å². The SMILES string of the molecule is COc1cnc2cc(N3CCOCC3)nc(OC3CCC(Nc4ccc(C)nc4)CC3)c2c1. The highest BCUT2D eigenvalue weighted by Gasteiger charge is 2.25. The van der Waals surface area contributed by atoms with E-state index in [2.05, 4.69) is 26.3 Å². The molecular weight excluding hydrogens is 418 g/mol. The third kappa shape index (κ3) is 5.11. The van der Waals surface area contributed by atoms with Gasteiger partial charge in [-0.1, -0.05) is 0 Å². The maximum absolute atomic E-state index is 6.51. The summed E-state index contributed by atoms with van der Waals surface area (Å²) in [5, 5.41) is 4.50. The van der Waals surface area contributed by atoms with E-state index in [1.165, 1.54) is 0 Å². The fourth-order valence-electron chi connectivity index (χ4n) is 4.49. The first-order valence-electron chi connectivity index (χ1n) is 11.7. The number of pyridine rings is 3. The number of anilines is 2. The highest BCUT2D eigenvalue weighted by molar-refractivity contribution is 5.87. The predicted molar refractivity (Wildman–Crippen MR) is 128 cm³/mol. The molecule has 0 amide bonds. The lowest BCUT2D eigenvalue weighted by atomic mass is 9.93. The normalized spacial score (nSPS) is 21.1. The Kier molecular flexibility index (Phi) is 6.44.